The van der Waals surface area contributed by atoms with Crippen molar-refractivity contribution in [3.8, 4) is 0 Å². The number of hydrogen-bond donors (Lipinski definition) is 1. The van der Waals surface area contributed by atoms with E-state index in [9.17, 15) is 0 Å². The molecule has 112 valence electrons. The molecule has 1 N–H and O–H groups in total. The Hall–Kier alpha value is -0.910. The zero-order valence-electron chi connectivity index (χ0n) is 12.3. The van der Waals surface area contributed by atoms with Gasteiger partial charge in [-0.25, -0.2) is 0 Å². The molecule has 0 radical (unpaired) electrons. The molecule has 1 unspecified atom stereocenters. The van der Waals surface area contributed by atoms with E-state index in [1.807, 2.05) is 6.92 Å². The van der Waals surface area contributed by atoms with Crippen LogP contribution in [0.3, 0.4) is 0 Å². The van der Waals surface area contributed by atoms with E-state index in [2.05, 4.69) is 21.3 Å². The first-order valence-corrected chi connectivity index (χ1v) is 7.82. The molecule has 3 rings (SSSR count). The van der Waals surface area contributed by atoms with E-state index >= 15 is 0 Å². The minimum atomic E-state index is 0.293. The van der Waals surface area contributed by atoms with Crippen LogP contribution in [0.2, 0.25) is 0 Å². The molecule has 5 heteroatoms. The summed E-state index contributed by atoms with van der Waals surface area (Å²) in [5.74, 6) is 0.697. The number of ether oxygens (including phenoxy) is 2. The number of nitrogens with zero attached hydrogens (tertiary/aromatic N) is 2. The van der Waals surface area contributed by atoms with Gasteiger partial charge in [0.1, 0.15) is 0 Å². The van der Waals surface area contributed by atoms with Crippen LogP contribution >= 0.6 is 0 Å². The van der Waals surface area contributed by atoms with E-state index in [4.69, 9.17) is 9.47 Å². The average molecular weight is 279 g/mol. The smallest absolute Gasteiger partial charge is 0.0732 e. The van der Waals surface area contributed by atoms with Gasteiger partial charge in [0.05, 0.1) is 24.5 Å². The first-order chi connectivity index (χ1) is 9.88. The van der Waals surface area contributed by atoms with Gasteiger partial charge in [-0.2, -0.15) is 5.10 Å². The molecule has 1 saturated heterocycles. The van der Waals surface area contributed by atoms with Crippen molar-refractivity contribution in [2.45, 2.75) is 38.8 Å². The van der Waals surface area contributed by atoms with E-state index in [-0.39, 0.29) is 0 Å². The number of rotatable bonds is 5. The fourth-order valence-electron chi connectivity index (χ4n) is 3.20. The van der Waals surface area contributed by atoms with Crippen molar-refractivity contribution in [3.05, 3.63) is 17.5 Å². The van der Waals surface area contributed by atoms with Gasteiger partial charge in [0.25, 0.3) is 0 Å². The van der Waals surface area contributed by atoms with Crippen molar-refractivity contribution in [2.75, 3.05) is 33.0 Å². The highest BCUT2D eigenvalue weighted by Gasteiger charge is 2.26. The van der Waals surface area contributed by atoms with Gasteiger partial charge in [0.2, 0.25) is 0 Å². The monoisotopic (exact) mass is 279 g/mol. The van der Waals surface area contributed by atoms with E-state index < -0.39 is 0 Å². The van der Waals surface area contributed by atoms with Crippen molar-refractivity contribution < 1.29 is 9.47 Å². The van der Waals surface area contributed by atoms with Crippen molar-refractivity contribution >= 4 is 0 Å². The molecular weight excluding hydrogens is 254 g/mol. The number of hydrogen-bond acceptors (Lipinski definition) is 4. The lowest BCUT2D eigenvalue weighted by Gasteiger charge is -2.28. The molecule has 0 aliphatic carbocycles. The van der Waals surface area contributed by atoms with E-state index in [0.717, 1.165) is 58.8 Å². The summed E-state index contributed by atoms with van der Waals surface area (Å²) in [5, 5.41) is 8.19. The third-order valence-corrected chi connectivity index (χ3v) is 4.34. The summed E-state index contributed by atoms with van der Waals surface area (Å²) in [5.41, 5.74) is 2.73. The molecule has 3 heterocycles. The van der Waals surface area contributed by atoms with Crippen molar-refractivity contribution in [1.82, 2.24) is 15.1 Å². The van der Waals surface area contributed by atoms with Gasteiger partial charge in [-0.05, 0) is 37.7 Å². The van der Waals surface area contributed by atoms with Gasteiger partial charge < -0.3 is 14.8 Å². The Kier molecular flexibility index (Phi) is 4.70. The second-order valence-corrected chi connectivity index (χ2v) is 5.71. The van der Waals surface area contributed by atoms with Gasteiger partial charge in [-0.3, -0.25) is 4.68 Å². The third-order valence-electron chi connectivity index (χ3n) is 4.34. The molecule has 1 fully saturated rings. The van der Waals surface area contributed by atoms with Gasteiger partial charge in [-0.15, -0.1) is 0 Å². The molecule has 0 saturated carbocycles. The molecule has 2 aliphatic rings. The third kappa shape index (κ3) is 3.05. The van der Waals surface area contributed by atoms with Crippen molar-refractivity contribution in [1.29, 1.82) is 0 Å². The molecule has 1 aromatic rings. The van der Waals surface area contributed by atoms with E-state index in [1.165, 1.54) is 11.3 Å². The second-order valence-electron chi connectivity index (χ2n) is 5.71. The maximum atomic E-state index is 5.62. The van der Waals surface area contributed by atoms with Gasteiger partial charge in [-0.1, -0.05) is 0 Å². The first kappa shape index (κ1) is 14.0. The molecule has 0 bridgehead atoms. The molecule has 1 aromatic heterocycles. The molecular formula is C15H25N3O2. The Labute approximate surface area is 120 Å². The Balaban J connectivity index is 1.73. The average Bonchev–Trinajstić information content (AvgIpc) is 2.90. The highest BCUT2D eigenvalue weighted by molar-refractivity contribution is 5.24. The van der Waals surface area contributed by atoms with Crippen LogP contribution in [0.1, 0.15) is 37.1 Å². The van der Waals surface area contributed by atoms with Crippen LogP contribution in [0.5, 0.6) is 0 Å². The Morgan fingerprint density at radius 2 is 2.30 bits per heavy atom. The lowest BCUT2D eigenvalue weighted by atomic mass is 9.99. The highest BCUT2D eigenvalue weighted by atomic mass is 16.5. The number of nitrogens with one attached hydrogen (secondary N) is 1. The maximum Gasteiger partial charge on any atom is 0.0732 e. The normalized spacial score (nSPS) is 23.8. The van der Waals surface area contributed by atoms with Crippen LogP contribution in [0.15, 0.2) is 6.20 Å². The molecule has 0 spiro atoms. The van der Waals surface area contributed by atoms with Crippen molar-refractivity contribution in [3.63, 3.8) is 0 Å². The molecule has 1 atom stereocenters. The van der Waals surface area contributed by atoms with Gasteiger partial charge >= 0.3 is 0 Å². The highest BCUT2D eigenvalue weighted by Crippen LogP contribution is 2.25. The van der Waals surface area contributed by atoms with E-state index in [0.29, 0.717) is 12.0 Å². The molecule has 2 aliphatic heterocycles. The Morgan fingerprint density at radius 3 is 3.10 bits per heavy atom. The summed E-state index contributed by atoms with van der Waals surface area (Å²) < 4.78 is 13.3. The van der Waals surface area contributed by atoms with Crippen LogP contribution in [0.25, 0.3) is 0 Å². The molecule has 0 amide bonds. The summed E-state index contributed by atoms with van der Waals surface area (Å²) in [7, 11) is 0. The Bertz CT molecular complexity index is 427. The van der Waals surface area contributed by atoms with E-state index in [1.54, 1.807) is 0 Å². The summed E-state index contributed by atoms with van der Waals surface area (Å²) in [4.78, 5) is 0. The quantitative estimate of drug-likeness (QED) is 0.888. The predicted molar refractivity (Wildman–Crippen MR) is 76.7 cm³/mol. The lowest BCUT2D eigenvalue weighted by Crippen LogP contribution is -2.35. The topological polar surface area (TPSA) is 48.3 Å². The Morgan fingerprint density at radius 1 is 1.45 bits per heavy atom. The van der Waals surface area contributed by atoms with Crippen LogP contribution in [0.4, 0.5) is 0 Å². The van der Waals surface area contributed by atoms with Crippen LogP contribution < -0.4 is 5.32 Å². The minimum Gasteiger partial charge on any atom is -0.381 e. The predicted octanol–water partition coefficient (Wildman–Crippen LogP) is 1.53. The lowest BCUT2D eigenvalue weighted by molar-refractivity contribution is 0.0590. The maximum absolute atomic E-state index is 5.62. The number of aromatic nitrogens is 2. The molecule has 5 nitrogen and oxygen atoms in total. The zero-order valence-corrected chi connectivity index (χ0v) is 12.3. The zero-order chi connectivity index (χ0) is 13.8. The summed E-state index contributed by atoms with van der Waals surface area (Å²) in [6.07, 6.45) is 5.43. The summed E-state index contributed by atoms with van der Waals surface area (Å²) in [6.45, 7) is 7.38. The fraction of sp³-hybridized carbons (Fsp3) is 0.800. The van der Waals surface area contributed by atoms with Crippen LogP contribution in [-0.2, 0) is 22.4 Å². The summed E-state index contributed by atoms with van der Waals surface area (Å²) >= 11 is 0. The fourth-order valence-corrected chi connectivity index (χ4v) is 3.20. The van der Waals surface area contributed by atoms with Crippen LogP contribution in [-0.4, -0.2) is 42.8 Å². The second kappa shape index (κ2) is 6.70. The van der Waals surface area contributed by atoms with Crippen LogP contribution in [0, 0.1) is 5.92 Å². The van der Waals surface area contributed by atoms with Crippen molar-refractivity contribution in [2.24, 2.45) is 5.92 Å². The number of fused-ring (bicyclic) bond motifs is 1. The van der Waals surface area contributed by atoms with Gasteiger partial charge in [0.15, 0.2) is 0 Å². The van der Waals surface area contributed by atoms with Gasteiger partial charge in [0, 0.05) is 32.9 Å². The molecule has 20 heavy (non-hydrogen) atoms. The minimum absolute atomic E-state index is 0.293. The standard InChI is InChI=1S/C15H25N3O2/c1-2-19-11-14-15-13(3-6-16-14)9-17-18(15)10-12-4-7-20-8-5-12/h9,12,14,16H,2-8,10-11H2,1H3. The largest absolute Gasteiger partial charge is 0.381 e. The SMILES string of the molecule is CCOCC1NCCc2cnn(CC3CCOCC3)c21. The first-order valence-electron chi connectivity index (χ1n) is 7.82. The summed E-state index contributed by atoms with van der Waals surface area (Å²) in [6, 6.07) is 0.293. The molecule has 0 aromatic carbocycles.